The van der Waals surface area contributed by atoms with Crippen molar-refractivity contribution in [3.8, 4) is 5.75 Å². The van der Waals surface area contributed by atoms with E-state index in [2.05, 4.69) is 20.9 Å². The maximum atomic E-state index is 15.1. The van der Waals surface area contributed by atoms with E-state index >= 15 is 8.78 Å². The third kappa shape index (κ3) is 8.22. The molecule has 0 aliphatic heterocycles. The largest absolute Gasteiger partial charge is 0.507 e. The van der Waals surface area contributed by atoms with Gasteiger partial charge < -0.3 is 15.1 Å². The molecule has 1 aromatic heterocycles. The average molecular weight is 799 g/mol. The van der Waals surface area contributed by atoms with Crippen molar-refractivity contribution in [3.05, 3.63) is 115 Å². The van der Waals surface area contributed by atoms with Gasteiger partial charge in [0.15, 0.2) is 23.3 Å². The summed E-state index contributed by atoms with van der Waals surface area (Å²) in [5, 5.41) is 19.7. The van der Waals surface area contributed by atoms with Gasteiger partial charge in [-0.2, -0.15) is 0 Å². The number of carbonyl (C=O) groups is 2. The van der Waals surface area contributed by atoms with Gasteiger partial charge in [0.05, 0.1) is 22.9 Å². The molecule has 1 amide bonds. The van der Waals surface area contributed by atoms with E-state index < -0.39 is 79.9 Å². The van der Waals surface area contributed by atoms with Crippen molar-refractivity contribution >= 4 is 60.8 Å². The van der Waals surface area contributed by atoms with Gasteiger partial charge in [0.2, 0.25) is 15.9 Å². The molecule has 9 nitrogen and oxygen atoms in total. The van der Waals surface area contributed by atoms with E-state index in [0.717, 1.165) is 54.7 Å². The van der Waals surface area contributed by atoms with E-state index in [0.29, 0.717) is 16.1 Å². The lowest BCUT2D eigenvalue weighted by Crippen LogP contribution is -2.37. The van der Waals surface area contributed by atoms with E-state index in [1.54, 1.807) is 17.0 Å². The Bertz CT molecular complexity index is 2070. The summed E-state index contributed by atoms with van der Waals surface area (Å²) in [6.07, 6.45) is 6.34. The number of benzene rings is 3. The molecule has 1 heterocycles. The minimum atomic E-state index is -4.99. The highest BCUT2D eigenvalue weighted by Gasteiger charge is 2.31. The lowest BCUT2D eigenvalue weighted by molar-refractivity contribution is -0.116. The molecule has 50 heavy (non-hydrogen) atoms. The number of nitrogens with zero attached hydrogens (tertiary/aromatic N) is 2. The van der Waals surface area contributed by atoms with Gasteiger partial charge in [0, 0.05) is 34.4 Å². The second-order valence-electron chi connectivity index (χ2n) is 11.8. The van der Waals surface area contributed by atoms with E-state index in [9.17, 15) is 37.0 Å². The van der Waals surface area contributed by atoms with Gasteiger partial charge in [-0.25, -0.2) is 30.8 Å². The third-order valence-corrected chi connectivity index (χ3v) is 10.9. The molecule has 4 aromatic rings. The quantitative estimate of drug-likeness (QED) is 0.0793. The number of aromatic nitrogens is 1. The molecule has 3 N–H and O–H groups in total. The number of nitrogens with one attached hydrogen (secondary N) is 1. The molecule has 0 atom stereocenters. The molecule has 0 unspecified atom stereocenters. The first-order valence-electron chi connectivity index (χ1n) is 15.3. The summed E-state index contributed by atoms with van der Waals surface area (Å²) in [7, 11) is -4.99. The fourth-order valence-electron chi connectivity index (χ4n) is 5.82. The molecule has 0 spiro atoms. The lowest BCUT2D eigenvalue weighted by atomic mass is 9.85. The van der Waals surface area contributed by atoms with Crippen molar-refractivity contribution in [1.29, 1.82) is 0 Å². The van der Waals surface area contributed by atoms with E-state index in [-0.39, 0.29) is 22.8 Å². The standard InChI is InChI=1S/C34H29BrClF4N3O6S/c35-25-8-4-7-19(28(25)36)13-24-29(37)30(38)31(39)32(40)33(24)42-50(48,49)17-27(45)43(22-11-12-23(34(46)47)26(44)14-22)16-21-10-9-20(15-41-21)18-5-2-1-3-6-18/h4,7-12,14-15,18,42,44H,1-3,5-6,13,16-17H2,(H,46,47). The summed E-state index contributed by atoms with van der Waals surface area (Å²) < 4.78 is 87.8. The SMILES string of the molecule is O=C(O)c1ccc(N(Cc2ccc(C3CCCCC3)cn2)C(=O)CS(=O)(=O)Nc2c(F)c(F)c(F)c(F)c2Cc2cccc(Br)c2Cl)cc1O. The first kappa shape index (κ1) is 37.1. The van der Waals surface area contributed by atoms with Gasteiger partial charge in [0.1, 0.15) is 17.1 Å². The van der Waals surface area contributed by atoms with Gasteiger partial charge >= 0.3 is 5.97 Å². The Hall–Kier alpha value is -4.21. The highest BCUT2D eigenvalue weighted by atomic mass is 79.9. The Morgan fingerprint density at radius 2 is 1.68 bits per heavy atom. The second kappa shape index (κ2) is 15.4. The fraction of sp³-hybridized carbons (Fsp3) is 0.265. The topological polar surface area (TPSA) is 137 Å². The number of hydrogen-bond donors (Lipinski definition) is 3. The number of carboxylic acid groups (broad SMARTS) is 1. The molecular formula is C34H29BrClF4N3O6S. The van der Waals surface area contributed by atoms with Crippen LogP contribution in [0.2, 0.25) is 5.02 Å². The monoisotopic (exact) mass is 797 g/mol. The number of pyridine rings is 1. The van der Waals surface area contributed by atoms with Crippen LogP contribution in [0.3, 0.4) is 0 Å². The number of amides is 1. The number of carbonyl (C=O) groups excluding carboxylic acids is 1. The van der Waals surface area contributed by atoms with Crippen molar-refractivity contribution in [2.45, 2.75) is 51.0 Å². The zero-order chi connectivity index (χ0) is 36.3. The highest BCUT2D eigenvalue weighted by Crippen LogP contribution is 2.36. The summed E-state index contributed by atoms with van der Waals surface area (Å²) in [6, 6.07) is 11.0. The normalized spacial score (nSPS) is 13.6. The first-order valence-corrected chi connectivity index (χ1v) is 18.1. The molecule has 3 aromatic carbocycles. The number of anilines is 2. The number of phenols is 1. The van der Waals surface area contributed by atoms with Gasteiger partial charge in [0.25, 0.3) is 0 Å². The zero-order valence-electron chi connectivity index (χ0n) is 26.0. The molecule has 1 saturated carbocycles. The number of rotatable bonds is 11. The molecule has 1 aliphatic carbocycles. The van der Waals surface area contributed by atoms with Crippen LogP contribution in [-0.2, 0) is 27.8 Å². The number of halogens is 6. The number of hydrogen-bond acceptors (Lipinski definition) is 6. The predicted octanol–water partition coefficient (Wildman–Crippen LogP) is 8.07. The maximum absolute atomic E-state index is 15.1. The van der Waals surface area contributed by atoms with Crippen LogP contribution in [0.15, 0.2) is 59.2 Å². The molecule has 264 valence electrons. The van der Waals surface area contributed by atoms with Crippen LogP contribution in [0.25, 0.3) is 0 Å². The van der Waals surface area contributed by atoms with Crippen LogP contribution in [-0.4, -0.2) is 41.2 Å². The van der Waals surface area contributed by atoms with Crippen molar-refractivity contribution in [2.75, 3.05) is 15.4 Å². The Kier molecular flexibility index (Phi) is 11.4. The molecule has 5 rings (SSSR count). The minimum Gasteiger partial charge on any atom is -0.507 e. The van der Waals surface area contributed by atoms with E-state index in [1.807, 2.05) is 6.07 Å². The van der Waals surface area contributed by atoms with Gasteiger partial charge in [-0.1, -0.05) is 49.1 Å². The number of sulfonamides is 1. The third-order valence-electron chi connectivity index (χ3n) is 8.40. The van der Waals surface area contributed by atoms with Gasteiger partial charge in [-0.05, 0) is 70.1 Å². The first-order chi connectivity index (χ1) is 23.7. The average Bonchev–Trinajstić information content (AvgIpc) is 3.08. The predicted molar refractivity (Wildman–Crippen MR) is 182 cm³/mol. The fourth-order valence-corrected chi connectivity index (χ4v) is 7.50. The molecule has 0 bridgehead atoms. The summed E-state index contributed by atoms with van der Waals surface area (Å²) in [5.41, 5.74) is -1.35. The van der Waals surface area contributed by atoms with Crippen molar-refractivity contribution in [2.24, 2.45) is 0 Å². The Balaban J connectivity index is 1.47. The molecular weight excluding hydrogens is 770 g/mol. The second-order valence-corrected chi connectivity index (χ2v) is 14.7. The summed E-state index contributed by atoms with van der Waals surface area (Å²) >= 11 is 9.40. The molecule has 1 fully saturated rings. The van der Waals surface area contributed by atoms with Crippen molar-refractivity contribution < 1.29 is 45.8 Å². The summed E-state index contributed by atoms with van der Waals surface area (Å²) in [6.45, 7) is -0.341. The molecule has 16 heteroatoms. The van der Waals surface area contributed by atoms with E-state index in [4.69, 9.17) is 11.6 Å². The maximum Gasteiger partial charge on any atom is 0.339 e. The molecule has 0 saturated heterocycles. The number of aromatic carboxylic acids is 1. The van der Waals surface area contributed by atoms with Crippen LogP contribution in [0, 0.1) is 23.3 Å². The van der Waals surface area contributed by atoms with Crippen LogP contribution < -0.4 is 9.62 Å². The molecule has 0 radical (unpaired) electrons. The van der Waals surface area contributed by atoms with Crippen LogP contribution in [0.1, 0.15) is 70.8 Å². The van der Waals surface area contributed by atoms with Crippen LogP contribution in [0.5, 0.6) is 5.75 Å². The summed E-state index contributed by atoms with van der Waals surface area (Å²) in [4.78, 5) is 30.5. The summed E-state index contributed by atoms with van der Waals surface area (Å²) in [5.74, 6) is -12.8. The highest BCUT2D eigenvalue weighted by molar-refractivity contribution is 9.10. The van der Waals surface area contributed by atoms with Crippen molar-refractivity contribution in [1.82, 2.24) is 4.98 Å². The molecule has 1 aliphatic rings. The minimum absolute atomic E-state index is 0.0224. The Morgan fingerprint density at radius 1 is 0.980 bits per heavy atom. The van der Waals surface area contributed by atoms with Crippen molar-refractivity contribution in [3.63, 3.8) is 0 Å². The lowest BCUT2D eigenvalue weighted by Gasteiger charge is -2.24. The van der Waals surface area contributed by atoms with Gasteiger partial charge in [-0.15, -0.1) is 0 Å². The zero-order valence-corrected chi connectivity index (χ0v) is 29.2. The number of aromatic hydroxyl groups is 1. The number of carboxylic acids is 1. The Morgan fingerprint density at radius 3 is 2.32 bits per heavy atom. The van der Waals surface area contributed by atoms with Gasteiger partial charge in [-0.3, -0.25) is 14.5 Å². The van der Waals surface area contributed by atoms with E-state index in [1.165, 1.54) is 24.3 Å². The van der Waals surface area contributed by atoms with Crippen LogP contribution >= 0.6 is 27.5 Å². The van der Waals surface area contributed by atoms with Crippen LogP contribution in [0.4, 0.5) is 28.9 Å². The smallest absolute Gasteiger partial charge is 0.339 e. The Labute approximate surface area is 298 Å².